The van der Waals surface area contributed by atoms with Crippen molar-refractivity contribution in [3.63, 3.8) is 0 Å². The van der Waals surface area contributed by atoms with Crippen LogP contribution in [0.4, 0.5) is 5.69 Å². The highest BCUT2D eigenvalue weighted by molar-refractivity contribution is 6.39. The van der Waals surface area contributed by atoms with E-state index in [0.717, 1.165) is 39.1 Å². The van der Waals surface area contributed by atoms with Crippen LogP contribution < -0.4 is 10.2 Å². The van der Waals surface area contributed by atoms with Crippen molar-refractivity contribution in [2.24, 2.45) is 5.10 Å². The zero-order valence-electron chi connectivity index (χ0n) is 16.3. The van der Waals surface area contributed by atoms with Crippen LogP contribution in [0.5, 0.6) is 0 Å². The molecule has 0 atom stereocenters. The zero-order valence-corrected chi connectivity index (χ0v) is 16.3. The Labute approximate surface area is 161 Å². The van der Waals surface area contributed by atoms with E-state index in [1.165, 1.54) is 16.3 Å². The van der Waals surface area contributed by atoms with Crippen molar-refractivity contribution in [1.82, 2.24) is 15.2 Å². The second kappa shape index (κ2) is 8.99. The molecule has 0 unspecified atom stereocenters. The smallest absolute Gasteiger partial charge is 0.267 e. The summed E-state index contributed by atoms with van der Waals surface area (Å²) in [5.74, 6) is -0.199. The maximum atomic E-state index is 12.1. The number of hydrogen-bond acceptors (Lipinski definition) is 5. The van der Waals surface area contributed by atoms with Gasteiger partial charge in [-0.15, -0.1) is 0 Å². The highest BCUT2D eigenvalue weighted by Crippen LogP contribution is 2.17. The van der Waals surface area contributed by atoms with Crippen LogP contribution in [0.2, 0.25) is 0 Å². The predicted octanol–water partition coefficient (Wildman–Crippen LogP) is 1.23. The maximum Gasteiger partial charge on any atom is 0.267 e. The van der Waals surface area contributed by atoms with Crippen LogP contribution in [0.1, 0.15) is 24.8 Å². The molecule has 1 saturated heterocycles. The number of rotatable bonds is 6. The Bertz CT molecular complexity index is 710. The lowest BCUT2D eigenvalue weighted by molar-refractivity contribution is -0.130. The molecule has 0 aliphatic carbocycles. The first-order valence-corrected chi connectivity index (χ1v) is 9.69. The Morgan fingerprint density at radius 1 is 1.19 bits per heavy atom. The van der Waals surface area contributed by atoms with Crippen molar-refractivity contribution in [3.05, 3.63) is 29.8 Å². The van der Waals surface area contributed by atoms with Crippen molar-refractivity contribution >= 4 is 23.2 Å². The largest absolute Gasteiger partial charge is 0.369 e. The summed E-state index contributed by atoms with van der Waals surface area (Å²) in [5, 5.41) is 8.23. The topological polar surface area (TPSA) is 68.2 Å². The van der Waals surface area contributed by atoms with Gasteiger partial charge in [0.15, 0.2) is 0 Å². The molecule has 1 aromatic rings. The molecule has 2 aliphatic heterocycles. The highest BCUT2D eigenvalue weighted by Gasteiger charge is 2.22. The highest BCUT2D eigenvalue weighted by atomic mass is 16.2. The number of hydrogen-bond donors (Lipinski definition) is 1. The third kappa shape index (κ3) is 5.29. The van der Waals surface area contributed by atoms with Gasteiger partial charge in [0.2, 0.25) is 5.91 Å². The molecule has 7 heteroatoms. The van der Waals surface area contributed by atoms with Crippen molar-refractivity contribution < 1.29 is 9.59 Å². The third-order valence-electron chi connectivity index (χ3n) is 5.15. The molecule has 146 valence electrons. The molecule has 0 aromatic heterocycles. The van der Waals surface area contributed by atoms with Gasteiger partial charge in [0.05, 0.1) is 0 Å². The number of hydrazone groups is 1. The van der Waals surface area contributed by atoms with E-state index in [4.69, 9.17) is 0 Å². The number of amides is 2. The molecule has 27 heavy (non-hydrogen) atoms. The van der Waals surface area contributed by atoms with Gasteiger partial charge in [0.1, 0.15) is 5.71 Å². The summed E-state index contributed by atoms with van der Waals surface area (Å²) in [5.41, 5.74) is 3.05. The van der Waals surface area contributed by atoms with Crippen LogP contribution in [0.3, 0.4) is 0 Å². The summed E-state index contributed by atoms with van der Waals surface area (Å²) in [4.78, 5) is 28.4. The fourth-order valence-electron chi connectivity index (χ4n) is 3.49. The first-order chi connectivity index (χ1) is 13.0. The van der Waals surface area contributed by atoms with Crippen LogP contribution in [0.25, 0.3) is 0 Å². The third-order valence-corrected chi connectivity index (χ3v) is 5.15. The van der Waals surface area contributed by atoms with E-state index in [1.54, 1.807) is 7.05 Å². The minimum absolute atomic E-state index is 0.0450. The summed E-state index contributed by atoms with van der Waals surface area (Å²) >= 11 is 0. The second-order valence-corrected chi connectivity index (χ2v) is 7.24. The van der Waals surface area contributed by atoms with Gasteiger partial charge in [-0.25, -0.2) is 5.01 Å². The molecular formula is C20H29N5O2. The van der Waals surface area contributed by atoms with E-state index in [1.807, 2.05) is 0 Å². The van der Waals surface area contributed by atoms with E-state index >= 15 is 0 Å². The number of aryl methyl sites for hydroxylation is 1. The number of anilines is 1. The maximum absolute atomic E-state index is 12.1. The fourth-order valence-corrected chi connectivity index (χ4v) is 3.49. The van der Waals surface area contributed by atoms with Crippen molar-refractivity contribution in [2.45, 2.75) is 26.2 Å². The Kier molecular flexibility index (Phi) is 6.45. The van der Waals surface area contributed by atoms with Crippen molar-refractivity contribution in [3.8, 4) is 0 Å². The lowest BCUT2D eigenvalue weighted by Gasteiger charge is -2.36. The predicted molar refractivity (Wildman–Crippen MR) is 107 cm³/mol. The first kappa shape index (κ1) is 19.4. The zero-order chi connectivity index (χ0) is 19.2. The molecule has 7 nitrogen and oxygen atoms in total. The van der Waals surface area contributed by atoms with Gasteiger partial charge < -0.3 is 10.2 Å². The molecule has 2 aliphatic rings. The average Bonchev–Trinajstić information content (AvgIpc) is 2.67. The molecule has 1 aromatic carbocycles. The summed E-state index contributed by atoms with van der Waals surface area (Å²) < 4.78 is 0. The van der Waals surface area contributed by atoms with Gasteiger partial charge >= 0.3 is 0 Å². The van der Waals surface area contributed by atoms with Gasteiger partial charge in [-0.3, -0.25) is 14.5 Å². The van der Waals surface area contributed by atoms with Crippen LogP contribution in [0, 0.1) is 6.92 Å². The number of carbonyl (C=O) groups excluding carboxylic acids is 2. The summed E-state index contributed by atoms with van der Waals surface area (Å²) in [6.45, 7) is 7.90. The van der Waals surface area contributed by atoms with Crippen molar-refractivity contribution in [1.29, 1.82) is 0 Å². The number of nitrogens with zero attached hydrogens (tertiary/aromatic N) is 4. The summed E-state index contributed by atoms with van der Waals surface area (Å²) in [6, 6.07) is 8.66. The molecule has 2 heterocycles. The summed E-state index contributed by atoms with van der Waals surface area (Å²) in [7, 11) is 1.59. The quantitative estimate of drug-likeness (QED) is 0.764. The van der Waals surface area contributed by atoms with E-state index < -0.39 is 0 Å². The Hall–Kier alpha value is -2.41. The van der Waals surface area contributed by atoms with E-state index in [-0.39, 0.29) is 11.8 Å². The number of carbonyl (C=O) groups is 2. The van der Waals surface area contributed by atoms with Gasteiger partial charge in [-0.1, -0.05) is 12.1 Å². The Balaban J connectivity index is 1.34. The summed E-state index contributed by atoms with van der Waals surface area (Å²) in [6.07, 6.45) is 1.70. The van der Waals surface area contributed by atoms with Gasteiger partial charge in [-0.2, -0.15) is 5.10 Å². The molecule has 3 rings (SSSR count). The SMILES string of the molecule is Cc1cccc(N2CCN(CCCNC(=O)C3=NN(C)C(=O)CC3)CC2)c1. The lowest BCUT2D eigenvalue weighted by Crippen LogP contribution is -2.47. The minimum atomic E-state index is -0.154. The van der Waals surface area contributed by atoms with Crippen LogP contribution in [-0.4, -0.2) is 73.8 Å². The Morgan fingerprint density at radius 2 is 1.96 bits per heavy atom. The van der Waals surface area contributed by atoms with Crippen molar-refractivity contribution in [2.75, 3.05) is 51.2 Å². The van der Waals surface area contributed by atoms with Gasteiger partial charge in [0, 0.05) is 58.3 Å². The lowest BCUT2D eigenvalue weighted by atomic mass is 10.1. The molecule has 1 fully saturated rings. The standard InChI is InChI=1S/C20H29N5O2/c1-16-5-3-6-17(15-16)25-13-11-24(12-14-25)10-4-9-21-20(27)18-7-8-19(26)23(2)22-18/h3,5-6,15H,4,7-14H2,1-2H3,(H,21,27). The van der Waals surface area contributed by atoms with Crippen LogP contribution in [0.15, 0.2) is 29.4 Å². The fraction of sp³-hybridized carbons (Fsp3) is 0.550. The number of piperazine rings is 1. The number of nitrogens with one attached hydrogen (secondary N) is 1. The van der Waals surface area contributed by atoms with Gasteiger partial charge in [0.25, 0.3) is 5.91 Å². The van der Waals surface area contributed by atoms with Crippen LogP contribution >= 0.6 is 0 Å². The van der Waals surface area contributed by atoms with E-state index in [0.29, 0.717) is 25.1 Å². The average molecular weight is 371 g/mol. The molecular weight excluding hydrogens is 342 g/mol. The second-order valence-electron chi connectivity index (χ2n) is 7.24. The Morgan fingerprint density at radius 3 is 2.67 bits per heavy atom. The molecule has 0 saturated carbocycles. The van der Waals surface area contributed by atoms with E-state index in [9.17, 15) is 9.59 Å². The molecule has 0 bridgehead atoms. The molecule has 2 amide bonds. The first-order valence-electron chi connectivity index (χ1n) is 9.69. The molecule has 0 spiro atoms. The minimum Gasteiger partial charge on any atom is -0.369 e. The molecule has 0 radical (unpaired) electrons. The number of benzene rings is 1. The van der Waals surface area contributed by atoms with Gasteiger partial charge in [-0.05, 0) is 37.6 Å². The van der Waals surface area contributed by atoms with E-state index in [2.05, 4.69) is 51.4 Å². The van der Waals surface area contributed by atoms with Crippen LogP contribution in [-0.2, 0) is 9.59 Å². The molecule has 1 N–H and O–H groups in total. The monoisotopic (exact) mass is 371 g/mol. The normalized spacial score (nSPS) is 18.4.